The lowest BCUT2D eigenvalue weighted by Gasteiger charge is -2.24. The molecule has 0 aliphatic carbocycles. The molecule has 0 spiro atoms. The van der Waals surface area contributed by atoms with E-state index in [0.29, 0.717) is 19.1 Å². The summed E-state index contributed by atoms with van der Waals surface area (Å²) in [5.41, 5.74) is 1.16. The van der Waals surface area contributed by atoms with Crippen LogP contribution in [0, 0.1) is 13.8 Å². The van der Waals surface area contributed by atoms with Gasteiger partial charge in [0.05, 0.1) is 11.5 Å². The second kappa shape index (κ2) is 6.50. The number of aliphatic hydroxyl groups is 1. The van der Waals surface area contributed by atoms with Crippen LogP contribution in [0.5, 0.6) is 0 Å². The fraction of sp³-hybridized carbons (Fsp3) is 0.643. The molecular weight excluding hydrogens is 260 g/mol. The summed E-state index contributed by atoms with van der Waals surface area (Å²) < 4.78 is 0. The van der Waals surface area contributed by atoms with Gasteiger partial charge in [0.1, 0.15) is 0 Å². The Morgan fingerprint density at radius 3 is 2.89 bits per heavy atom. The molecule has 2 rings (SSSR count). The Bertz CT molecular complexity index is 419. The molecule has 1 unspecified atom stereocenters. The molecule has 2 heterocycles. The van der Waals surface area contributed by atoms with E-state index in [-0.39, 0.29) is 12.5 Å². The highest BCUT2D eigenvalue weighted by molar-refractivity contribution is 7.14. The topological polar surface area (TPSA) is 52.6 Å². The number of amides is 1. The molecular formula is C14H22N2O2S. The Hall–Kier alpha value is -0.910. The van der Waals surface area contributed by atoms with Crippen molar-refractivity contribution in [1.82, 2.24) is 10.2 Å². The molecule has 19 heavy (non-hydrogen) atoms. The third kappa shape index (κ3) is 3.55. The van der Waals surface area contributed by atoms with Gasteiger partial charge in [-0.3, -0.25) is 4.79 Å². The highest BCUT2D eigenvalue weighted by Gasteiger charge is 2.23. The van der Waals surface area contributed by atoms with Crippen molar-refractivity contribution in [3.8, 4) is 0 Å². The van der Waals surface area contributed by atoms with Crippen molar-refractivity contribution in [1.29, 1.82) is 0 Å². The van der Waals surface area contributed by atoms with Crippen molar-refractivity contribution in [2.45, 2.75) is 32.7 Å². The Morgan fingerprint density at radius 2 is 2.37 bits per heavy atom. The minimum Gasteiger partial charge on any atom is -0.395 e. The van der Waals surface area contributed by atoms with Crippen molar-refractivity contribution in [3.63, 3.8) is 0 Å². The third-order valence-electron chi connectivity index (χ3n) is 3.64. The zero-order valence-corrected chi connectivity index (χ0v) is 12.4. The summed E-state index contributed by atoms with van der Waals surface area (Å²) in [5, 5.41) is 12.6. The highest BCUT2D eigenvalue weighted by atomic mass is 32.1. The number of aryl methyl sites for hydroxylation is 2. The number of carbonyl (C=O) groups is 1. The Balaban J connectivity index is 2.06. The van der Waals surface area contributed by atoms with Crippen LogP contribution < -0.4 is 5.32 Å². The van der Waals surface area contributed by atoms with E-state index in [4.69, 9.17) is 5.11 Å². The van der Waals surface area contributed by atoms with E-state index in [2.05, 4.69) is 5.32 Å². The van der Waals surface area contributed by atoms with Gasteiger partial charge >= 0.3 is 0 Å². The molecule has 1 aromatic heterocycles. The van der Waals surface area contributed by atoms with Crippen LogP contribution in [0.2, 0.25) is 0 Å². The molecule has 2 N–H and O–H groups in total. The van der Waals surface area contributed by atoms with Crippen molar-refractivity contribution >= 4 is 17.2 Å². The zero-order valence-electron chi connectivity index (χ0n) is 11.6. The summed E-state index contributed by atoms with van der Waals surface area (Å²) in [7, 11) is 0. The van der Waals surface area contributed by atoms with Crippen molar-refractivity contribution in [2.24, 2.45) is 0 Å². The lowest BCUT2D eigenvalue weighted by Crippen LogP contribution is -2.42. The van der Waals surface area contributed by atoms with Crippen LogP contribution in [-0.2, 0) is 0 Å². The highest BCUT2D eigenvalue weighted by Crippen LogP contribution is 2.22. The first-order valence-corrected chi connectivity index (χ1v) is 7.64. The quantitative estimate of drug-likeness (QED) is 0.861. The van der Waals surface area contributed by atoms with E-state index in [1.165, 1.54) is 11.3 Å². The molecule has 1 atom stereocenters. The molecule has 4 nitrogen and oxygen atoms in total. The predicted molar refractivity (Wildman–Crippen MR) is 77.8 cm³/mol. The normalized spacial score (nSPS) is 18.8. The van der Waals surface area contributed by atoms with Crippen molar-refractivity contribution in [3.05, 3.63) is 21.4 Å². The van der Waals surface area contributed by atoms with E-state index in [1.807, 2.05) is 19.9 Å². The summed E-state index contributed by atoms with van der Waals surface area (Å²) >= 11 is 1.54. The average Bonchev–Trinajstić information content (AvgIpc) is 2.99. The van der Waals surface area contributed by atoms with Crippen LogP contribution in [0.1, 0.15) is 33.0 Å². The van der Waals surface area contributed by atoms with Gasteiger partial charge in [0.2, 0.25) is 0 Å². The van der Waals surface area contributed by atoms with Gasteiger partial charge in [0, 0.05) is 24.0 Å². The maximum atomic E-state index is 12.5. The van der Waals surface area contributed by atoms with Crippen molar-refractivity contribution in [2.75, 3.05) is 26.2 Å². The summed E-state index contributed by atoms with van der Waals surface area (Å²) in [5.74, 6) is 0.0453. The molecule has 5 heteroatoms. The number of hydrogen-bond donors (Lipinski definition) is 2. The molecule has 1 aliphatic rings. The predicted octanol–water partition coefficient (Wildman–Crippen LogP) is 1.55. The molecule has 1 saturated heterocycles. The first-order chi connectivity index (χ1) is 9.11. The van der Waals surface area contributed by atoms with Crippen LogP contribution in [0.15, 0.2) is 6.07 Å². The summed E-state index contributed by atoms with van der Waals surface area (Å²) in [6, 6.07) is 2.33. The van der Waals surface area contributed by atoms with E-state index in [1.54, 1.807) is 16.2 Å². The molecule has 1 fully saturated rings. The van der Waals surface area contributed by atoms with Gasteiger partial charge in [-0.05, 0) is 44.9 Å². The smallest absolute Gasteiger partial charge is 0.264 e. The molecule has 0 bridgehead atoms. The summed E-state index contributed by atoms with van der Waals surface area (Å²) in [6.07, 6.45) is 2.28. The molecule has 1 aliphatic heterocycles. The Labute approximate surface area is 118 Å². The molecule has 106 valence electrons. The van der Waals surface area contributed by atoms with Gasteiger partial charge in [-0.2, -0.15) is 0 Å². The van der Waals surface area contributed by atoms with Gasteiger partial charge in [-0.25, -0.2) is 0 Å². The molecule has 0 saturated carbocycles. The van der Waals surface area contributed by atoms with Crippen LogP contribution in [0.3, 0.4) is 0 Å². The van der Waals surface area contributed by atoms with Gasteiger partial charge in [-0.15, -0.1) is 11.3 Å². The first-order valence-electron chi connectivity index (χ1n) is 6.82. The van der Waals surface area contributed by atoms with Crippen LogP contribution >= 0.6 is 11.3 Å². The van der Waals surface area contributed by atoms with Gasteiger partial charge in [0.25, 0.3) is 5.91 Å². The molecule has 1 aromatic rings. The second-order valence-corrected chi connectivity index (χ2v) is 6.37. The maximum Gasteiger partial charge on any atom is 0.264 e. The first kappa shape index (κ1) is 14.5. The van der Waals surface area contributed by atoms with Gasteiger partial charge in [0.15, 0.2) is 0 Å². The van der Waals surface area contributed by atoms with E-state index in [0.717, 1.165) is 23.4 Å². The van der Waals surface area contributed by atoms with Crippen LogP contribution in [0.25, 0.3) is 0 Å². The number of nitrogens with one attached hydrogen (secondary N) is 1. The summed E-state index contributed by atoms with van der Waals surface area (Å²) in [4.78, 5) is 16.2. The average molecular weight is 282 g/mol. The SMILES string of the molecule is Cc1cc(C(=O)N(CCO)CC2CCCN2)sc1C. The number of hydrogen-bond acceptors (Lipinski definition) is 4. The monoisotopic (exact) mass is 282 g/mol. The van der Waals surface area contributed by atoms with Crippen LogP contribution in [0.4, 0.5) is 0 Å². The molecule has 0 aromatic carbocycles. The van der Waals surface area contributed by atoms with Gasteiger partial charge < -0.3 is 15.3 Å². The fourth-order valence-electron chi connectivity index (χ4n) is 2.41. The number of carbonyl (C=O) groups excluding carboxylic acids is 1. The minimum atomic E-state index is 0.0157. The summed E-state index contributed by atoms with van der Waals surface area (Å²) in [6.45, 7) is 6.20. The van der Waals surface area contributed by atoms with E-state index in [9.17, 15) is 4.79 Å². The Kier molecular flexibility index (Phi) is 4.96. The van der Waals surface area contributed by atoms with Crippen molar-refractivity contribution < 1.29 is 9.90 Å². The largest absolute Gasteiger partial charge is 0.395 e. The van der Waals surface area contributed by atoms with E-state index < -0.39 is 0 Å². The van der Waals surface area contributed by atoms with E-state index >= 15 is 0 Å². The standard InChI is InChI=1S/C14H22N2O2S/c1-10-8-13(19-11(10)2)14(18)16(6-7-17)9-12-4-3-5-15-12/h8,12,15,17H,3-7,9H2,1-2H3. The number of nitrogens with zero attached hydrogens (tertiary/aromatic N) is 1. The fourth-order valence-corrected chi connectivity index (χ4v) is 3.41. The number of aliphatic hydroxyl groups excluding tert-OH is 1. The minimum absolute atomic E-state index is 0.0157. The molecule has 1 amide bonds. The maximum absolute atomic E-state index is 12.5. The van der Waals surface area contributed by atoms with Gasteiger partial charge in [-0.1, -0.05) is 0 Å². The zero-order chi connectivity index (χ0) is 13.8. The Morgan fingerprint density at radius 1 is 1.58 bits per heavy atom. The third-order valence-corrected chi connectivity index (χ3v) is 4.78. The lowest BCUT2D eigenvalue weighted by molar-refractivity contribution is 0.0711. The lowest BCUT2D eigenvalue weighted by atomic mass is 10.2. The van der Waals surface area contributed by atoms with Crippen LogP contribution in [-0.4, -0.2) is 48.2 Å². The second-order valence-electron chi connectivity index (χ2n) is 5.12. The number of rotatable bonds is 5. The number of thiophene rings is 1. The molecule has 0 radical (unpaired) electrons.